The average Bonchev–Trinajstić information content (AvgIpc) is 2.83. The molecule has 0 unspecified atom stereocenters. The molecule has 0 atom stereocenters. The zero-order valence-corrected chi connectivity index (χ0v) is 13.2. The third kappa shape index (κ3) is 5.12. The number of hydrogen-bond donors (Lipinski definition) is 1. The topological polar surface area (TPSA) is 32.3 Å². The van der Waals surface area contributed by atoms with Crippen molar-refractivity contribution in [3.8, 4) is 0 Å². The number of nitrogens with zero attached hydrogens (tertiary/aromatic N) is 1. The van der Waals surface area contributed by atoms with Crippen LogP contribution in [0, 0.1) is 5.82 Å². The molecular formula is C15H16ClFN2OS. The van der Waals surface area contributed by atoms with Crippen molar-refractivity contribution in [2.24, 2.45) is 0 Å². The van der Waals surface area contributed by atoms with Gasteiger partial charge in [0.25, 0.3) is 0 Å². The van der Waals surface area contributed by atoms with Crippen molar-refractivity contribution in [1.82, 2.24) is 10.2 Å². The van der Waals surface area contributed by atoms with Gasteiger partial charge < -0.3 is 5.32 Å². The van der Waals surface area contributed by atoms with Gasteiger partial charge in [-0.3, -0.25) is 9.69 Å². The van der Waals surface area contributed by atoms with Crippen LogP contribution in [0.15, 0.2) is 36.4 Å². The molecule has 6 heteroatoms. The Balaban J connectivity index is 1.77. The van der Waals surface area contributed by atoms with Gasteiger partial charge in [-0.15, -0.1) is 11.3 Å². The minimum atomic E-state index is -0.306. The number of carbonyl (C=O) groups excluding carboxylic acids is 1. The number of carbonyl (C=O) groups is 1. The molecule has 0 aliphatic heterocycles. The Bertz CT molecular complexity index is 617. The van der Waals surface area contributed by atoms with Crippen LogP contribution in [0.1, 0.15) is 10.4 Å². The predicted octanol–water partition coefficient (Wildman–Crippen LogP) is 3.29. The highest BCUT2D eigenvalue weighted by Crippen LogP contribution is 2.22. The van der Waals surface area contributed by atoms with Crippen molar-refractivity contribution in [2.45, 2.75) is 13.1 Å². The van der Waals surface area contributed by atoms with Crippen molar-refractivity contribution in [3.05, 3.63) is 57.0 Å². The molecule has 1 aromatic carbocycles. The number of thiophene rings is 1. The minimum Gasteiger partial charge on any atom is -0.351 e. The summed E-state index contributed by atoms with van der Waals surface area (Å²) in [6.45, 7) is 1.11. The van der Waals surface area contributed by atoms with Crippen LogP contribution < -0.4 is 5.32 Å². The van der Waals surface area contributed by atoms with Crippen molar-refractivity contribution in [2.75, 3.05) is 13.6 Å². The average molecular weight is 327 g/mol. The molecule has 2 aromatic rings. The van der Waals surface area contributed by atoms with Gasteiger partial charge in [-0.1, -0.05) is 29.8 Å². The Hall–Kier alpha value is -1.43. The molecule has 21 heavy (non-hydrogen) atoms. The highest BCUT2D eigenvalue weighted by molar-refractivity contribution is 7.16. The molecular weight excluding hydrogens is 311 g/mol. The highest BCUT2D eigenvalue weighted by atomic mass is 35.5. The second-order valence-electron chi connectivity index (χ2n) is 4.75. The lowest BCUT2D eigenvalue weighted by molar-refractivity contribution is -0.122. The number of halogens is 2. The lowest BCUT2D eigenvalue weighted by Crippen LogP contribution is -2.34. The summed E-state index contributed by atoms with van der Waals surface area (Å²) in [4.78, 5) is 14.8. The smallest absolute Gasteiger partial charge is 0.234 e. The summed E-state index contributed by atoms with van der Waals surface area (Å²) in [5, 5.41) is 2.72. The van der Waals surface area contributed by atoms with E-state index in [1.165, 1.54) is 17.4 Å². The first-order chi connectivity index (χ1) is 10.0. The van der Waals surface area contributed by atoms with Crippen LogP contribution in [-0.2, 0) is 17.9 Å². The maximum absolute atomic E-state index is 13.4. The molecule has 112 valence electrons. The second-order valence-corrected chi connectivity index (χ2v) is 6.55. The first-order valence-corrected chi connectivity index (χ1v) is 7.67. The van der Waals surface area contributed by atoms with E-state index in [0.29, 0.717) is 12.1 Å². The summed E-state index contributed by atoms with van der Waals surface area (Å²) in [6, 6.07) is 10.2. The van der Waals surface area contributed by atoms with E-state index in [-0.39, 0.29) is 24.8 Å². The summed E-state index contributed by atoms with van der Waals surface area (Å²) in [5.41, 5.74) is 0.485. The van der Waals surface area contributed by atoms with Crippen molar-refractivity contribution >= 4 is 28.8 Å². The number of amides is 1. The predicted molar refractivity (Wildman–Crippen MR) is 83.9 cm³/mol. The van der Waals surface area contributed by atoms with E-state index in [4.69, 9.17) is 11.6 Å². The van der Waals surface area contributed by atoms with Gasteiger partial charge in [0, 0.05) is 23.5 Å². The zero-order chi connectivity index (χ0) is 15.2. The molecule has 1 amide bonds. The Morgan fingerprint density at radius 1 is 1.33 bits per heavy atom. The van der Waals surface area contributed by atoms with Crippen LogP contribution in [0.3, 0.4) is 0 Å². The number of nitrogens with one attached hydrogen (secondary N) is 1. The van der Waals surface area contributed by atoms with Crippen LogP contribution in [0.25, 0.3) is 0 Å². The van der Waals surface area contributed by atoms with E-state index in [0.717, 1.165) is 9.21 Å². The lowest BCUT2D eigenvalue weighted by atomic mass is 10.2. The summed E-state index contributed by atoms with van der Waals surface area (Å²) in [5.74, 6) is -0.442. The van der Waals surface area contributed by atoms with E-state index < -0.39 is 0 Å². The lowest BCUT2D eigenvalue weighted by Gasteiger charge is -2.15. The van der Waals surface area contributed by atoms with Gasteiger partial charge in [-0.25, -0.2) is 4.39 Å². The fourth-order valence-electron chi connectivity index (χ4n) is 1.90. The van der Waals surface area contributed by atoms with Crippen LogP contribution in [0.4, 0.5) is 4.39 Å². The van der Waals surface area contributed by atoms with Crippen LogP contribution in [0.2, 0.25) is 4.34 Å². The third-order valence-corrected chi connectivity index (χ3v) is 4.12. The number of likely N-dealkylation sites (N-methyl/N-ethyl adjacent to an activating group) is 1. The maximum Gasteiger partial charge on any atom is 0.234 e. The Labute approximate surface area is 132 Å². The molecule has 0 saturated heterocycles. The zero-order valence-electron chi connectivity index (χ0n) is 11.6. The largest absolute Gasteiger partial charge is 0.351 e. The Kier molecular flexibility index (Phi) is 5.73. The van der Waals surface area contributed by atoms with Gasteiger partial charge in [-0.2, -0.15) is 0 Å². The van der Waals surface area contributed by atoms with E-state index >= 15 is 0 Å². The summed E-state index contributed by atoms with van der Waals surface area (Å²) < 4.78 is 14.2. The standard InChI is InChI=1S/C15H16ClFN2OS/c1-19(9-12-6-7-14(16)21-12)10-15(20)18-8-11-4-2-3-5-13(11)17/h2-7H,8-10H2,1H3,(H,18,20). The van der Waals surface area contributed by atoms with E-state index in [1.54, 1.807) is 18.2 Å². The molecule has 0 radical (unpaired) electrons. The molecule has 0 saturated carbocycles. The first kappa shape index (κ1) is 15.9. The van der Waals surface area contributed by atoms with Gasteiger partial charge >= 0.3 is 0 Å². The van der Waals surface area contributed by atoms with Crippen molar-refractivity contribution in [3.63, 3.8) is 0 Å². The molecule has 0 bridgehead atoms. The molecule has 0 aliphatic carbocycles. The van der Waals surface area contributed by atoms with Crippen LogP contribution in [-0.4, -0.2) is 24.4 Å². The van der Waals surface area contributed by atoms with Gasteiger partial charge in [0.15, 0.2) is 0 Å². The Morgan fingerprint density at radius 2 is 2.10 bits per heavy atom. The normalized spacial score (nSPS) is 10.9. The van der Waals surface area contributed by atoms with E-state index in [2.05, 4.69) is 5.32 Å². The van der Waals surface area contributed by atoms with E-state index in [9.17, 15) is 9.18 Å². The van der Waals surface area contributed by atoms with Crippen LogP contribution in [0.5, 0.6) is 0 Å². The summed E-state index contributed by atoms with van der Waals surface area (Å²) in [6.07, 6.45) is 0. The van der Waals surface area contributed by atoms with Gasteiger partial charge in [-0.05, 0) is 25.2 Å². The molecule has 0 aliphatic rings. The fourth-order valence-corrected chi connectivity index (χ4v) is 3.06. The first-order valence-electron chi connectivity index (χ1n) is 6.47. The monoisotopic (exact) mass is 326 g/mol. The number of benzene rings is 1. The molecule has 0 spiro atoms. The molecule has 0 fully saturated rings. The van der Waals surface area contributed by atoms with Gasteiger partial charge in [0.05, 0.1) is 10.9 Å². The Morgan fingerprint density at radius 3 is 2.76 bits per heavy atom. The van der Waals surface area contributed by atoms with Crippen molar-refractivity contribution < 1.29 is 9.18 Å². The SMILES string of the molecule is CN(CC(=O)NCc1ccccc1F)Cc1ccc(Cl)s1. The molecule has 1 heterocycles. The van der Waals surface area contributed by atoms with Gasteiger partial charge in [0.1, 0.15) is 5.82 Å². The van der Waals surface area contributed by atoms with Gasteiger partial charge in [0.2, 0.25) is 5.91 Å². The van der Waals surface area contributed by atoms with E-state index in [1.807, 2.05) is 24.1 Å². The fraction of sp³-hybridized carbons (Fsp3) is 0.267. The maximum atomic E-state index is 13.4. The highest BCUT2D eigenvalue weighted by Gasteiger charge is 2.09. The summed E-state index contributed by atoms with van der Waals surface area (Å²) in [7, 11) is 1.86. The number of rotatable bonds is 6. The number of hydrogen-bond acceptors (Lipinski definition) is 3. The summed E-state index contributed by atoms with van der Waals surface area (Å²) >= 11 is 7.36. The minimum absolute atomic E-state index is 0.136. The molecule has 2 rings (SSSR count). The second kappa shape index (κ2) is 7.54. The van der Waals surface area contributed by atoms with Crippen LogP contribution >= 0.6 is 22.9 Å². The third-order valence-electron chi connectivity index (χ3n) is 2.90. The molecule has 1 N–H and O–H groups in total. The quantitative estimate of drug-likeness (QED) is 0.883. The molecule has 1 aromatic heterocycles. The molecule has 3 nitrogen and oxygen atoms in total. The van der Waals surface area contributed by atoms with Crippen molar-refractivity contribution in [1.29, 1.82) is 0 Å².